The molecule has 0 aromatic heterocycles. The lowest BCUT2D eigenvalue weighted by Crippen LogP contribution is -2.27. The summed E-state index contributed by atoms with van der Waals surface area (Å²) in [7, 11) is 0. The number of ether oxygens (including phenoxy) is 2. The molecule has 4 nitrogen and oxygen atoms in total. The van der Waals surface area contributed by atoms with E-state index < -0.39 is 0 Å². The van der Waals surface area contributed by atoms with Crippen molar-refractivity contribution in [1.82, 2.24) is 0 Å². The fourth-order valence-electron chi connectivity index (χ4n) is 2.77. The average molecular weight is 594 g/mol. The van der Waals surface area contributed by atoms with Crippen LogP contribution in [0.25, 0.3) is 6.08 Å². The Hall–Kier alpha value is -1.00. The van der Waals surface area contributed by atoms with Crippen molar-refractivity contribution in [2.24, 2.45) is 0 Å². The summed E-state index contributed by atoms with van der Waals surface area (Å²) in [4.78, 5) is 15.0. The zero-order valence-corrected chi connectivity index (χ0v) is 21.5. The summed E-state index contributed by atoms with van der Waals surface area (Å²) in [5.41, 5.74) is 1.34. The molecule has 2 aromatic carbocycles. The second kappa shape index (κ2) is 10.5. The zero-order valence-electron chi connectivity index (χ0n) is 16.2. The van der Waals surface area contributed by atoms with Crippen LogP contribution >= 0.6 is 69.8 Å². The minimum atomic E-state index is -0.228. The van der Waals surface area contributed by atoms with Crippen LogP contribution in [0.15, 0.2) is 35.2 Å². The van der Waals surface area contributed by atoms with Crippen molar-refractivity contribution in [3.8, 4) is 11.5 Å². The third-order valence-corrected chi connectivity index (χ3v) is 6.67. The summed E-state index contributed by atoms with van der Waals surface area (Å²) >= 11 is 21.1. The predicted molar refractivity (Wildman–Crippen MR) is 138 cm³/mol. The molecule has 0 unspecified atom stereocenters. The Bertz CT molecular complexity index is 1030. The average Bonchev–Trinajstić information content (AvgIpc) is 2.95. The molecule has 1 heterocycles. The lowest BCUT2D eigenvalue weighted by molar-refractivity contribution is -0.113. The molecule has 0 spiro atoms. The van der Waals surface area contributed by atoms with Crippen LogP contribution in [0.3, 0.4) is 0 Å². The van der Waals surface area contributed by atoms with Gasteiger partial charge in [0.05, 0.1) is 32.4 Å². The number of amides is 1. The summed E-state index contributed by atoms with van der Waals surface area (Å²) in [5.74, 6) is 1.14. The van der Waals surface area contributed by atoms with Gasteiger partial charge in [0.25, 0.3) is 5.91 Å². The highest BCUT2D eigenvalue weighted by molar-refractivity contribution is 14.1. The summed E-state index contributed by atoms with van der Waals surface area (Å²) < 4.78 is 12.9. The number of carbonyl (C=O) groups excluding carboxylic acids is 1. The molecule has 1 aliphatic heterocycles. The van der Waals surface area contributed by atoms with E-state index in [1.807, 2.05) is 19.1 Å². The van der Waals surface area contributed by atoms with Crippen molar-refractivity contribution >= 4 is 91.8 Å². The van der Waals surface area contributed by atoms with Gasteiger partial charge < -0.3 is 9.47 Å². The third kappa shape index (κ3) is 5.24. The van der Waals surface area contributed by atoms with Crippen molar-refractivity contribution in [2.75, 3.05) is 18.1 Å². The molecular formula is C21H18Cl2INO3S2. The molecule has 1 saturated heterocycles. The van der Waals surface area contributed by atoms with Gasteiger partial charge in [-0.05, 0) is 77.9 Å². The summed E-state index contributed by atoms with van der Waals surface area (Å²) in [6.07, 6.45) is 2.70. The Kier molecular flexibility index (Phi) is 8.31. The third-order valence-electron chi connectivity index (χ3n) is 4.02. The van der Waals surface area contributed by atoms with E-state index in [-0.39, 0.29) is 5.91 Å². The van der Waals surface area contributed by atoms with Crippen molar-refractivity contribution in [3.05, 3.63) is 54.4 Å². The van der Waals surface area contributed by atoms with Crippen molar-refractivity contribution in [3.63, 3.8) is 0 Å². The monoisotopic (exact) mass is 593 g/mol. The van der Waals surface area contributed by atoms with Crippen molar-refractivity contribution < 1.29 is 14.3 Å². The number of nitrogens with zero attached hydrogens (tertiary/aromatic N) is 1. The molecule has 0 atom stereocenters. The molecular weight excluding hydrogens is 576 g/mol. The molecule has 1 aliphatic rings. The number of thiocarbonyl (C=S) groups is 1. The number of thioether (sulfide) groups is 1. The van der Waals surface area contributed by atoms with E-state index in [1.165, 1.54) is 16.7 Å². The van der Waals surface area contributed by atoms with Gasteiger partial charge in [-0.1, -0.05) is 54.1 Å². The first-order valence-corrected chi connectivity index (χ1v) is 12.2. The van der Waals surface area contributed by atoms with Gasteiger partial charge in [0, 0.05) is 5.02 Å². The second-order valence-electron chi connectivity index (χ2n) is 6.22. The number of benzene rings is 2. The van der Waals surface area contributed by atoms with Crippen molar-refractivity contribution in [2.45, 2.75) is 20.3 Å². The van der Waals surface area contributed by atoms with E-state index in [4.69, 9.17) is 44.9 Å². The van der Waals surface area contributed by atoms with Crippen LogP contribution in [0, 0.1) is 3.57 Å². The van der Waals surface area contributed by atoms with E-state index in [1.54, 1.807) is 24.3 Å². The first-order valence-electron chi connectivity index (χ1n) is 9.17. The minimum absolute atomic E-state index is 0.228. The molecule has 158 valence electrons. The van der Waals surface area contributed by atoms with Crippen LogP contribution in [0.2, 0.25) is 10.0 Å². The lowest BCUT2D eigenvalue weighted by atomic mass is 10.1. The molecule has 1 fully saturated rings. The highest BCUT2D eigenvalue weighted by Crippen LogP contribution is 2.41. The second-order valence-corrected chi connectivity index (χ2v) is 9.91. The van der Waals surface area contributed by atoms with Crippen LogP contribution in [0.4, 0.5) is 5.69 Å². The van der Waals surface area contributed by atoms with Gasteiger partial charge in [-0.3, -0.25) is 9.69 Å². The smallest absolute Gasteiger partial charge is 0.270 e. The topological polar surface area (TPSA) is 38.8 Å². The Balaban J connectivity index is 1.95. The summed E-state index contributed by atoms with van der Waals surface area (Å²) in [6.45, 7) is 5.09. The van der Waals surface area contributed by atoms with Crippen LogP contribution in [-0.2, 0) is 4.79 Å². The van der Waals surface area contributed by atoms with Gasteiger partial charge >= 0.3 is 0 Å². The molecule has 0 aliphatic carbocycles. The van der Waals surface area contributed by atoms with Gasteiger partial charge in [0.15, 0.2) is 15.8 Å². The van der Waals surface area contributed by atoms with E-state index in [2.05, 4.69) is 29.5 Å². The van der Waals surface area contributed by atoms with E-state index in [0.29, 0.717) is 43.9 Å². The number of hydrogen-bond donors (Lipinski definition) is 0. The number of carbonyl (C=O) groups is 1. The largest absolute Gasteiger partial charge is 0.490 e. The first-order chi connectivity index (χ1) is 14.3. The normalized spacial score (nSPS) is 15.2. The quantitative estimate of drug-likeness (QED) is 0.193. The maximum Gasteiger partial charge on any atom is 0.270 e. The van der Waals surface area contributed by atoms with Crippen LogP contribution in [0.5, 0.6) is 11.5 Å². The van der Waals surface area contributed by atoms with E-state index >= 15 is 0 Å². The molecule has 0 N–H and O–H groups in total. The standard InChI is InChI=1S/C21H18Cl2INO3S2/c1-3-7-28-19-15(24)8-12(9-17(19)27-4-2)10-18-20(26)25(21(29)30-18)16-6-5-13(22)11-14(16)23/h5-6,8-11H,3-4,7H2,1-2H3/b18-10+. The zero-order chi connectivity index (χ0) is 21.8. The number of halogens is 3. The number of rotatable bonds is 7. The van der Waals surface area contributed by atoms with E-state index in [9.17, 15) is 4.79 Å². The first kappa shape index (κ1) is 23.7. The van der Waals surface area contributed by atoms with Gasteiger partial charge in [-0.15, -0.1) is 0 Å². The molecule has 0 saturated carbocycles. The van der Waals surface area contributed by atoms with Crippen molar-refractivity contribution in [1.29, 1.82) is 0 Å². The maximum atomic E-state index is 13.1. The SMILES string of the molecule is CCCOc1c(I)cc(/C=C2/SC(=S)N(c3ccc(Cl)cc3Cl)C2=O)cc1OCC. The van der Waals surface area contributed by atoms with Crippen LogP contribution in [0.1, 0.15) is 25.8 Å². The van der Waals surface area contributed by atoms with Gasteiger partial charge in [0.1, 0.15) is 0 Å². The molecule has 1 amide bonds. The number of hydrogen-bond acceptors (Lipinski definition) is 5. The highest BCUT2D eigenvalue weighted by atomic mass is 127. The Morgan fingerprint density at radius 1 is 1.20 bits per heavy atom. The Morgan fingerprint density at radius 2 is 1.97 bits per heavy atom. The summed E-state index contributed by atoms with van der Waals surface area (Å²) in [5, 5.41) is 0.860. The van der Waals surface area contributed by atoms with E-state index in [0.717, 1.165) is 21.3 Å². The predicted octanol–water partition coefficient (Wildman–Crippen LogP) is 7.19. The van der Waals surface area contributed by atoms with Crippen LogP contribution in [-0.4, -0.2) is 23.4 Å². The van der Waals surface area contributed by atoms with Crippen LogP contribution < -0.4 is 14.4 Å². The highest BCUT2D eigenvalue weighted by Gasteiger charge is 2.34. The minimum Gasteiger partial charge on any atom is -0.490 e. The Morgan fingerprint density at radius 3 is 2.63 bits per heavy atom. The summed E-state index contributed by atoms with van der Waals surface area (Å²) in [6, 6.07) is 8.78. The molecule has 30 heavy (non-hydrogen) atoms. The maximum absolute atomic E-state index is 13.1. The molecule has 0 radical (unpaired) electrons. The van der Waals surface area contributed by atoms with Gasteiger partial charge in [-0.25, -0.2) is 0 Å². The number of anilines is 1. The fourth-order valence-corrected chi connectivity index (χ4v) is 5.33. The van der Waals surface area contributed by atoms with Gasteiger partial charge in [0.2, 0.25) is 0 Å². The van der Waals surface area contributed by atoms with Gasteiger partial charge in [-0.2, -0.15) is 0 Å². The molecule has 2 aromatic rings. The molecule has 0 bridgehead atoms. The lowest BCUT2D eigenvalue weighted by Gasteiger charge is -2.16. The fraction of sp³-hybridized carbons (Fsp3) is 0.238. The molecule has 3 rings (SSSR count). The Labute approximate surface area is 209 Å². The molecule has 9 heteroatoms.